The van der Waals surface area contributed by atoms with E-state index in [2.05, 4.69) is 20.5 Å². The zero-order valence-corrected chi connectivity index (χ0v) is 10.9. The van der Waals surface area contributed by atoms with Crippen molar-refractivity contribution in [2.45, 2.75) is 38.3 Å². The fraction of sp³-hybridized carbons (Fsp3) is 0.833. The Balaban J connectivity index is 1.91. The van der Waals surface area contributed by atoms with Gasteiger partial charge in [-0.2, -0.15) is 0 Å². The van der Waals surface area contributed by atoms with Gasteiger partial charge in [0.2, 0.25) is 0 Å². The average Bonchev–Trinajstić information content (AvgIpc) is 2.74. The first-order chi connectivity index (χ1) is 8.29. The zero-order chi connectivity index (χ0) is 12.1. The Labute approximate surface area is 103 Å². The van der Waals surface area contributed by atoms with E-state index in [1.807, 2.05) is 20.3 Å². The topological polar surface area (TPSA) is 46.0 Å². The summed E-state index contributed by atoms with van der Waals surface area (Å²) in [5.74, 6) is 0. The molecular formula is C12H23N5. The van der Waals surface area contributed by atoms with Crippen molar-refractivity contribution in [3.63, 3.8) is 0 Å². The molecule has 17 heavy (non-hydrogen) atoms. The molecule has 2 rings (SSSR count). The largest absolute Gasteiger partial charge is 0.320 e. The van der Waals surface area contributed by atoms with Gasteiger partial charge in [-0.25, -0.2) is 0 Å². The standard InChI is InChI=1S/C12H23N5/c1-13-7-6-12-5-3-4-8-17(12)10-11-9-16(2)15-14-11/h9,12-13H,3-8,10H2,1-2H3. The summed E-state index contributed by atoms with van der Waals surface area (Å²) >= 11 is 0. The molecule has 1 fully saturated rings. The first-order valence-electron chi connectivity index (χ1n) is 6.53. The molecule has 1 aliphatic rings. The SMILES string of the molecule is CNCCC1CCCCN1Cc1cn(C)nn1. The number of hydrogen-bond donors (Lipinski definition) is 1. The smallest absolute Gasteiger partial charge is 0.0967 e. The first kappa shape index (κ1) is 12.5. The van der Waals surface area contributed by atoms with Crippen LogP contribution in [0, 0.1) is 0 Å². The summed E-state index contributed by atoms with van der Waals surface area (Å²) in [6.45, 7) is 3.24. The van der Waals surface area contributed by atoms with Crippen molar-refractivity contribution in [2.75, 3.05) is 20.1 Å². The average molecular weight is 237 g/mol. The predicted molar refractivity (Wildman–Crippen MR) is 67.6 cm³/mol. The highest BCUT2D eigenvalue weighted by molar-refractivity contribution is 4.93. The second kappa shape index (κ2) is 6.12. The van der Waals surface area contributed by atoms with Gasteiger partial charge in [0.25, 0.3) is 0 Å². The van der Waals surface area contributed by atoms with E-state index in [9.17, 15) is 0 Å². The minimum atomic E-state index is 0.707. The molecule has 0 amide bonds. The van der Waals surface area contributed by atoms with Crippen LogP contribution in [0.15, 0.2) is 6.20 Å². The van der Waals surface area contributed by atoms with Crippen LogP contribution in [-0.4, -0.2) is 46.1 Å². The van der Waals surface area contributed by atoms with Crippen molar-refractivity contribution in [1.82, 2.24) is 25.2 Å². The molecule has 1 aromatic rings. The molecule has 1 N–H and O–H groups in total. The van der Waals surface area contributed by atoms with E-state index in [1.165, 1.54) is 32.2 Å². The van der Waals surface area contributed by atoms with E-state index in [0.717, 1.165) is 18.8 Å². The zero-order valence-electron chi connectivity index (χ0n) is 10.9. The highest BCUT2D eigenvalue weighted by Gasteiger charge is 2.22. The van der Waals surface area contributed by atoms with Crippen molar-refractivity contribution in [2.24, 2.45) is 7.05 Å². The molecule has 1 aliphatic heterocycles. The number of aryl methyl sites for hydroxylation is 1. The van der Waals surface area contributed by atoms with Crippen LogP contribution < -0.4 is 5.32 Å². The monoisotopic (exact) mass is 237 g/mol. The Morgan fingerprint density at radius 3 is 3.06 bits per heavy atom. The van der Waals surface area contributed by atoms with Crippen molar-refractivity contribution in [1.29, 1.82) is 0 Å². The van der Waals surface area contributed by atoms with Gasteiger partial charge in [-0.15, -0.1) is 5.10 Å². The Kier molecular flexibility index (Phi) is 4.50. The van der Waals surface area contributed by atoms with Gasteiger partial charge in [0.05, 0.1) is 5.69 Å². The summed E-state index contributed by atoms with van der Waals surface area (Å²) in [5, 5.41) is 11.4. The van der Waals surface area contributed by atoms with E-state index in [4.69, 9.17) is 0 Å². The van der Waals surface area contributed by atoms with Crippen molar-refractivity contribution in [3.05, 3.63) is 11.9 Å². The van der Waals surface area contributed by atoms with Gasteiger partial charge in [-0.3, -0.25) is 9.58 Å². The van der Waals surface area contributed by atoms with Crippen LogP contribution in [0.2, 0.25) is 0 Å². The van der Waals surface area contributed by atoms with Crippen LogP contribution in [0.3, 0.4) is 0 Å². The van der Waals surface area contributed by atoms with E-state index < -0.39 is 0 Å². The van der Waals surface area contributed by atoms with Crippen LogP contribution in [0.5, 0.6) is 0 Å². The number of hydrogen-bond acceptors (Lipinski definition) is 4. The molecule has 0 aliphatic carbocycles. The number of nitrogens with one attached hydrogen (secondary N) is 1. The molecule has 1 atom stereocenters. The van der Waals surface area contributed by atoms with E-state index in [0.29, 0.717) is 6.04 Å². The fourth-order valence-electron chi connectivity index (χ4n) is 2.58. The third kappa shape index (κ3) is 3.51. The summed E-state index contributed by atoms with van der Waals surface area (Å²) < 4.78 is 1.78. The number of aromatic nitrogens is 3. The van der Waals surface area contributed by atoms with Gasteiger partial charge in [0, 0.05) is 25.8 Å². The van der Waals surface area contributed by atoms with Crippen molar-refractivity contribution >= 4 is 0 Å². The first-order valence-corrected chi connectivity index (χ1v) is 6.53. The van der Waals surface area contributed by atoms with Crippen LogP contribution in [-0.2, 0) is 13.6 Å². The van der Waals surface area contributed by atoms with Gasteiger partial charge in [-0.1, -0.05) is 11.6 Å². The lowest BCUT2D eigenvalue weighted by Crippen LogP contribution is -2.40. The molecule has 1 unspecified atom stereocenters. The molecule has 0 aromatic carbocycles. The second-order valence-electron chi connectivity index (χ2n) is 4.90. The number of rotatable bonds is 5. The lowest BCUT2D eigenvalue weighted by Gasteiger charge is -2.35. The molecule has 0 bridgehead atoms. The van der Waals surface area contributed by atoms with Crippen LogP contribution in [0.25, 0.3) is 0 Å². The molecule has 0 saturated carbocycles. The Morgan fingerprint density at radius 1 is 1.47 bits per heavy atom. The number of piperidine rings is 1. The maximum absolute atomic E-state index is 4.18. The summed E-state index contributed by atoms with van der Waals surface area (Å²) in [6, 6.07) is 0.707. The highest BCUT2D eigenvalue weighted by atomic mass is 15.4. The maximum Gasteiger partial charge on any atom is 0.0967 e. The maximum atomic E-state index is 4.18. The number of nitrogens with zero attached hydrogens (tertiary/aromatic N) is 4. The quantitative estimate of drug-likeness (QED) is 0.822. The molecule has 96 valence electrons. The van der Waals surface area contributed by atoms with Gasteiger partial charge in [0.1, 0.15) is 0 Å². The van der Waals surface area contributed by atoms with Gasteiger partial charge >= 0.3 is 0 Å². The molecule has 1 saturated heterocycles. The second-order valence-corrected chi connectivity index (χ2v) is 4.90. The molecule has 5 nitrogen and oxygen atoms in total. The molecule has 5 heteroatoms. The Bertz CT molecular complexity index is 335. The molecule has 1 aromatic heterocycles. The van der Waals surface area contributed by atoms with E-state index >= 15 is 0 Å². The van der Waals surface area contributed by atoms with Gasteiger partial charge in [-0.05, 0) is 39.4 Å². The summed E-state index contributed by atoms with van der Waals surface area (Å²) in [4.78, 5) is 2.56. The predicted octanol–water partition coefficient (Wildman–Crippen LogP) is 0.779. The normalized spacial score (nSPS) is 21.9. The molecular weight excluding hydrogens is 214 g/mol. The van der Waals surface area contributed by atoms with E-state index in [-0.39, 0.29) is 0 Å². The Hall–Kier alpha value is -0.940. The lowest BCUT2D eigenvalue weighted by molar-refractivity contribution is 0.131. The minimum absolute atomic E-state index is 0.707. The van der Waals surface area contributed by atoms with Crippen molar-refractivity contribution in [3.8, 4) is 0 Å². The fourth-order valence-corrected chi connectivity index (χ4v) is 2.58. The molecule has 0 spiro atoms. The lowest BCUT2D eigenvalue weighted by atomic mass is 9.99. The minimum Gasteiger partial charge on any atom is -0.320 e. The Morgan fingerprint density at radius 2 is 2.35 bits per heavy atom. The number of likely N-dealkylation sites (tertiary alicyclic amines) is 1. The van der Waals surface area contributed by atoms with Crippen LogP contribution in [0.4, 0.5) is 0 Å². The summed E-state index contributed by atoms with van der Waals surface area (Å²) in [6.07, 6.45) is 7.25. The van der Waals surface area contributed by atoms with Crippen LogP contribution in [0.1, 0.15) is 31.4 Å². The van der Waals surface area contributed by atoms with Crippen LogP contribution >= 0.6 is 0 Å². The van der Waals surface area contributed by atoms with Gasteiger partial charge < -0.3 is 5.32 Å². The third-order valence-electron chi connectivity index (χ3n) is 3.49. The summed E-state index contributed by atoms with van der Waals surface area (Å²) in [7, 11) is 3.95. The molecule has 2 heterocycles. The highest BCUT2D eigenvalue weighted by Crippen LogP contribution is 2.20. The van der Waals surface area contributed by atoms with Crippen molar-refractivity contribution < 1.29 is 0 Å². The summed E-state index contributed by atoms with van der Waals surface area (Å²) in [5.41, 5.74) is 1.09. The van der Waals surface area contributed by atoms with Gasteiger partial charge in [0.15, 0.2) is 0 Å². The van der Waals surface area contributed by atoms with E-state index in [1.54, 1.807) is 4.68 Å². The molecule has 0 radical (unpaired) electrons. The third-order valence-corrected chi connectivity index (χ3v) is 3.49.